The molecule has 0 radical (unpaired) electrons. The molecule has 2 aromatic rings. The van der Waals surface area contributed by atoms with Crippen molar-refractivity contribution < 1.29 is 22.5 Å². The van der Waals surface area contributed by atoms with Gasteiger partial charge in [0.25, 0.3) is 15.7 Å². The van der Waals surface area contributed by atoms with Gasteiger partial charge in [0.05, 0.1) is 23.0 Å². The van der Waals surface area contributed by atoms with E-state index in [4.69, 9.17) is 4.74 Å². The van der Waals surface area contributed by atoms with E-state index in [9.17, 15) is 22.9 Å². The van der Waals surface area contributed by atoms with Gasteiger partial charge in [-0.05, 0) is 56.4 Å². The van der Waals surface area contributed by atoms with E-state index in [1.54, 1.807) is 0 Å². The lowest BCUT2D eigenvalue weighted by atomic mass is 10.2. The lowest BCUT2D eigenvalue weighted by Crippen LogP contribution is -2.35. The number of rotatable bonds is 11. The molecular formula is C20H26FN3O5S. The highest BCUT2D eigenvalue weighted by atomic mass is 32.2. The molecule has 0 N–H and O–H groups in total. The number of benzene rings is 2. The second-order valence-corrected chi connectivity index (χ2v) is 8.39. The van der Waals surface area contributed by atoms with Crippen LogP contribution in [0.1, 0.15) is 20.3 Å². The highest BCUT2D eigenvalue weighted by Crippen LogP contribution is 2.35. The summed E-state index contributed by atoms with van der Waals surface area (Å²) in [5.74, 6) is -0.472. The Bertz CT molecular complexity index is 980. The average Bonchev–Trinajstić information content (AvgIpc) is 2.73. The molecule has 2 rings (SSSR count). The molecule has 0 amide bonds. The molecule has 0 bridgehead atoms. The van der Waals surface area contributed by atoms with E-state index in [-0.39, 0.29) is 22.9 Å². The lowest BCUT2D eigenvalue weighted by Gasteiger charge is -2.26. The maximum atomic E-state index is 13.7. The summed E-state index contributed by atoms with van der Waals surface area (Å²) >= 11 is 0. The van der Waals surface area contributed by atoms with Crippen molar-refractivity contribution in [3.8, 4) is 5.75 Å². The Morgan fingerprint density at radius 1 is 1.10 bits per heavy atom. The van der Waals surface area contributed by atoms with Gasteiger partial charge in [-0.3, -0.25) is 14.4 Å². The molecule has 0 aliphatic carbocycles. The molecule has 0 unspecified atom stereocenters. The van der Waals surface area contributed by atoms with E-state index in [1.807, 2.05) is 13.8 Å². The van der Waals surface area contributed by atoms with Gasteiger partial charge >= 0.3 is 0 Å². The van der Waals surface area contributed by atoms with Crippen molar-refractivity contribution in [1.82, 2.24) is 4.90 Å². The Hall–Kier alpha value is -2.72. The molecule has 0 saturated heterocycles. The maximum absolute atomic E-state index is 13.7. The second kappa shape index (κ2) is 10.4. The van der Waals surface area contributed by atoms with Crippen LogP contribution < -0.4 is 9.04 Å². The van der Waals surface area contributed by atoms with Crippen molar-refractivity contribution in [2.24, 2.45) is 0 Å². The van der Waals surface area contributed by atoms with Crippen LogP contribution in [0.2, 0.25) is 0 Å². The normalized spacial score (nSPS) is 11.5. The maximum Gasteiger partial charge on any atom is 0.297 e. The molecule has 0 saturated carbocycles. The van der Waals surface area contributed by atoms with E-state index in [0.29, 0.717) is 13.0 Å². The van der Waals surface area contributed by atoms with Crippen LogP contribution in [0.5, 0.6) is 5.75 Å². The van der Waals surface area contributed by atoms with Gasteiger partial charge in [0.15, 0.2) is 0 Å². The Kier molecular flexibility index (Phi) is 8.13. The number of sulfonamides is 1. The van der Waals surface area contributed by atoms with Crippen LogP contribution >= 0.6 is 0 Å². The first kappa shape index (κ1) is 23.6. The standard InChI is InChI=1S/C20H26FN3O5S/c1-4-22(5-2)12-7-13-23(30(27,28)18-9-6-8-16(21)14-18)19-11-10-17(29-3)15-20(19)24(25)26/h6,8-11,14-15H,4-5,7,12-13H2,1-3H3. The summed E-state index contributed by atoms with van der Waals surface area (Å²) in [7, 11) is -2.87. The number of nitro groups is 1. The van der Waals surface area contributed by atoms with E-state index < -0.39 is 26.5 Å². The summed E-state index contributed by atoms with van der Waals surface area (Å²) in [6.45, 7) is 6.22. The van der Waals surface area contributed by atoms with Crippen molar-refractivity contribution in [2.75, 3.05) is 37.6 Å². The van der Waals surface area contributed by atoms with Crippen LogP contribution in [-0.4, -0.2) is 51.5 Å². The Morgan fingerprint density at radius 3 is 2.37 bits per heavy atom. The third-order valence-corrected chi connectivity index (χ3v) is 6.57. The Morgan fingerprint density at radius 2 is 1.80 bits per heavy atom. The van der Waals surface area contributed by atoms with E-state index in [1.165, 1.54) is 37.4 Å². The molecule has 0 aromatic heterocycles. The van der Waals surface area contributed by atoms with Crippen LogP contribution in [0.4, 0.5) is 15.8 Å². The molecule has 10 heteroatoms. The van der Waals surface area contributed by atoms with Crippen molar-refractivity contribution in [1.29, 1.82) is 0 Å². The first-order valence-electron chi connectivity index (χ1n) is 9.57. The molecule has 30 heavy (non-hydrogen) atoms. The number of methoxy groups -OCH3 is 1. The zero-order valence-corrected chi connectivity index (χ0v) is 18.1. The summed E-state index contributed by atoms with van der Waals surface area (Å²) in [5, 5.41) is 11.6. The molecule has 0 heterocycles. The lowest BCUT2D eigenvalue weighted by molar-refractivity contribution is -0.384. The summed E-state index contributed by atoms with van der Waals surface area (Å²) in [6.07, 6.45) is 0.444. The summed E-state index contributed by atoms with van der Waals surface area (Å²) in [6, 6.07) is 8.57. The zero-order chi connectivity index (χ0) is 22.3. The minimum absolute atomic E-state index is 0.00250. The van der Waals surface area contributed by atoms with Gasteiger partial charge < -0.3 is 9.64 Å². The minimum atomic E-state index is -4.23. The van der Waals surface area contributed by atoms with Gasteiger partial charge in [0.2, 0.25) is 0 Å². The number of halogens is 1. The van der Waals surface area contributed by atoms with Crippen LogP contribution in [-0.2, 0) is 10.0 Å². The molecule has 8 nitrogen and oxygen atoms in total. The van der Waals surface area contributed by atoms with Crippen molar-refractivity contribution in [3.63, 3.8) is 0 Å². The van der Waals surface area contributed by atoms with E-state index in [0.717, 1.165) is 29.5 Å². The molecular weight excluding hydrogens is 413 g/mol. The fourth-order valence-corrected chi connectivity index (χ4v) is 4.64. The first-order chi connectivity index (χ1) is 14.2. The molecule has 0 fully saturated rings. The van der Waals surface area contributed by atoms with Gasteiger partial charge in [0, 0.05) is 6.54 Å². The highest BCUT2D eigenvalue weighted by molar-refractivity contribution is 7.92. The third kappa shape index (κ3) is 5.45. The molecule has 164 valence electrons. The predicted octanol–water partition coefficient (Wildman–Crippen LogP) is 3.67. The molecule has 0 aliphatic rings. The smallest absolute Gasteiger partial charge is 0.297 e. The highest BCUT2D eigenvalue weighted by Gasteiger charge is 2.31. The monoisotopic (exact) mass is 439 g/mol. The number of hydrogen-bond acceptors (Lipinski definition) is 6. The molecule has 2 aromatic carbocycles. The number of ether oxygens (including phenoxy) is 1. The van der Waals surface area contributed by atoms with Crippen LogP contribution in [0, 0.1) is 15.9 Å². The fourth-order valence-electron chi connectivity index (χ4n) is 3.09. The summed E-state index contributed by atoms with van der Waals surface area (Å²) in [5.41, 5.74) is -0.498. The van der Waals surface area contributed by atoms with Crippen molar-refractivity contribution in [2.45, 2.75) is 25.2 Å². The van der Waals surface area contributed by atoms with Gasteiger partial charge in [0.1, 0.15) is 17.3 Å². The second-order valence-electron chi connectivity index (χ2n) is 6.53. The largest absolute Gasteiger partial charge is 0.496 e. The quantitative estimate of drug-likeness (QED) is 0.392. The van der Waals surface area contributed by atoms with Gasteiger partial charge in [-0.2, -0.15) is 0 Å². The summed E-state index contributed by atoms with van der Waals surface area (Å²) in [4.78, 5) is 12.8. The van der Waals surface area contributed by atoms with Gasteiger partial charge in [-0.1, -0.05) is 19.9 Å². The predicted molar refractivity (Wildman–Crippen MR) is 113 cm³/mol. The zero-order valence-electron chi connectivity index (χ0n) is 17.2. The van der Waals surface area contributed by atoms with E-state index in [2.05, 4.69) is 4.90 Å². The number of hydrogen-bond donors (Lipinski definition) is 0. The number of nitrogens with zero attached hydrogens (tertiary/aromatic N) is 3. The number of anilines is 1. The van der Waals surface area contributed by atoms with Crippen molar-refractivity contribution >= 4 is 21.4 Å². The first-order valence-corrected chi connectivity index (χ1v) is 11.0. The Balaban J connectivity index is 2.53. The van der Waals surface area contributed by atoms with E-state index >= 15 is 0 Å². The molecule has 0 atom stereocenters. The van der Waals surface area contributed by atoms with Crippen molar-refractivity contribution in [3.05, 3.63) is 58.4 Å². The Labute approximate surface area is 176 Å². The third-order valence-electron chi connectivity index (χ3n) is 4.76. The van der Waals surface area contributed by atoms with Crippen LogP contribution in [0.15, 0.2) is 47.4 Å². The molecule has 0 spiro atoms. The topological polar surface area (TPSA) is 93.0 Å². The fraction of sp³-hybridized carbons (Fsp3) is 0.400. The average molecular weight is 440 g/mol. The SMILES string of the molecule is CCN(CC)CCCN(c1ccc(OC)cc1[N+](=O)[O-])S(=O)(=O)c1cccc(F)c1. The van der Waals surface area contributed by atoms with Crippen LogP contribution in [0.25, 0.3) is 0 Å². The summed E-state index contributed by atoms with van der Waals surface area (Å²) < 4.78 is 46.4. The minimum Gasteiger partial charge on any atom is -0.496 e. The van der Waals surface area contributed by atoms with Crippen LogP contribution in [0.3, 0.4) is 0 Å². The van der Waals surface area contributed by atoms with Gasteiger partial charge in [-0.15, -0.1) is 0 Å². The molecule has 0 aliphatic heterocycles. The van der Waals surface area contributed by atoms with Gasteiger partial charge in [-0.25, -0.2) is 12.8 Å². The number of nitro benzene ring substituents is 1.